The van der Waals surface area contributed by atoms with Crippen molar-refractivity contribution in [3.8, 4) is 5.75 Å². The molecule has 5 heteroatoms. The van der Waals surface area contributed by atoms with Crippen LogP contribution in [0.5, 0.6) is 5.75 Å². The maximum Gasteiger partial charge on any atom is 0.323 e. The van der Waals surface area contributed by atoms with Gasteiger partial charge in [-0.05, 0) is 56.7 Å². The highest BCUT2D eigenvalue weighted by Gasteiger charge is 2.54. The maximum atomic E-state index is 12.8. The second-order valence-electron chi connectivity index (χ2n) is 7.99. The summed E-state index contributed by atoms with van der Waals surface area (Å²) in [6.45, 7) is 2.78. The minimum absolute atomic E-state index is 0.0678. The van der Waals surface area contributed by atoms with Crippen LogP contribution in [0.25, 0.3) is 0 Å². The molecule has 170 valence electrons. The number of hydrogen-bond donors (Lipinski definition) is 0. The molecule has 1 fully saturated rings. The maximum absolute atomic E-state index is 12.8. The van der Waals surface area contributed by atoms with E-state index in [1.54, 1.807) is 13.2 Å². The number of allylic oxidation sites excluding steroid dienone is 3. The highest BCUT2D eigenvalue weighted by Crippen LogP contribution is 2.43. The van der Waals surface area contributed by atoms with Gasteiger partial charge >= 0.3 is 5.97 Å². The van der Waals surface area contributed by atoms with Crippen molar-refractivity contribution in [3.05, 3.63) is 54.1 Å². The van der Waals surface area contributed by atoms with Crippen LogP contribution >= 0.6 is 0 Å². The van der Waals surface area contributed by atoms with E-state index in [9.17, 15) is 9.59 Å². The Morgan fingerprint density at radius 3 is 2.45 bits per heavy atom. The lowest BCUT2D eigenvalue weighted by Crippen LogP contribution is -2.41. The molecule has 0 aromatic heterocycles. The van der Waals surface area contributed by atoms with Crippen molar-refractivity contribution < 1.29 is 23.8 Å². The first-order valence-electron chi connectivity index (χ1n) is 11.2. The number of rotatable bonds is 13. The molecule has 5 nitrogen and oxygen atoms in total. The predicted molar refractivity (Wildman–Crippen MR) is 122 cm³/mol. The molecule has 2 rings (SSSR count). The van der Waals surface area contributed by atoms with Crippen molar-refractivity contribution in [1.29, 1.82) is 0 Å². The third-order valence-corrected chi connectivity index (χ3v) is 5.95. The van der Waals surface area contributed by atoms with Crippen LogP contribution in [0.1, 0.15) is 57.4 Å². The Balaban J connectivity index is 1.96. The zero-order valence-electron chi connectivity index (χ0n) is 19.1. The van der Waals surface area contributed by atoms with Gasteiger partial charge in [0.2, 0.25) is 0 Å². The molecule has 2 atom stereocenters. The second kappa shape index (κ2) is 13.1. The first kappa shape index (κ1) is 24.9. The number of hydrogen-bond acceptors (Lipinski definition) is 5. The Morgan fingerprint density at radius 1 is 1.10 bits per heavy atom. The molecule has 0 saturated heterocycles. The van der Waals surface area contributed by atoms with Gasteiger partial charge in [-0.25, -0.2) is 0 Å². The second-order valence-corrected chi connectivity index (χ2v) is 7.99. The van der Waals surface area contributed by atoms with Gasteiger partial charge in [0.15, 0.2) is 5.78 Å². The van der Waals surface area contributed by atoms with Gasteiger partial charge in [0.05, 0.1) is 27.4 Å². The molecule has 31 heavy (non-hydrogen) atoms. The standard InChI is InChI=1S/C26H36O5/c1-4-5-6-7-8-9-10-11-18-26(25(28)30-3)22(14-17-24(26)27)20-31-19-21-12-15-23(29-2)16-13-21/h4-5,11-13,15-16,18,22H,6-10,14,17,19-20H2,1-3H3/b5-4+,18-11+/t22-,26-/m0/s1. The minimum atomic E-state index is -1.22. The van der Waals surface area contributed by atoms with Crippen molar-refractivity contribution in [1.82, 2.24) is 0 Å². The van der Waals surface area contributed by atoms with Gasteiger partial charge in [-0.3, -0.25) is 9.59 Å². The number of esters is 1. The van der Waals surface area contributed by atoms with Crippen LogP contribution in [0.15, 0.2) is 48.6 Å². The van der Waals surface area contributed by atoms with E-state index >= 15 is 0 Å². The summed E-state index contributed by atoms with van der Waals surface area (Å²) in [5.41, 5.74) is -0.207. The number of benzene rings is 1. The lowest BCUT2D eigenvalue weighted by Gasteiger charge is -2.28. The van der Waals surface area contributed by atoms with E-state index in [4.69, 9.17) is 14.2 Å². The van der Waals surface area contributed by atoms with Crippen LogP contribution in [0.3, 0.4) is 0 Å². The number of methoxy groups -OCH3 is 2. The minimum Gasteiger partial charge on any atom is -0.497 e. The molecule has 0 spiro atoms. The fourth-order valence-corrected chi connectivity index (χ4v) is 4.11. The Bertz CT molecular complexity index is 750. The highest BCUT2D eigenvalue weighted by atomic mass is 16.5. The molecule has 0 bridgehead atoms. The molecule has 0 amide bonds. The Hall–Kier alpha value is -2.40. The van der Waals surface area contributed by atoms with Crippen molar-refractivity contribution in [2.45, 2.75) is 58.5 Å². The molecule has 0 N–H and O–H groups in total. The molecular formula is C26H36O5. The van der Waals surface area contributed by atoms with Gasteiger partial charge < -0.3 is 14.2 Å². The van der Waals surface area contributed by atoms with E-state index in [1.165, 1.54) is 7.11 Å². The summed E-state index contributed by atoms with van der Waals surface area (Å²) in [7, 11) is 2.98. The number of Topliss-reactive ketones (excluding diaryl/α,β-unsaturated/α-hetero) is 1. The molecule has 0 unspecified atom stereocenters. The Morgan fingerprint density at radius 2 is 1.81 bits per heavy atom. The molecular weight excluding hydrogens is 392 g/mol. The molecule has 0 aliphatic heterocycles. The third kappa shape index (κ3) is 6.79. The van der Waals surface area contributed by atoms with E-state index in [2.05, 4.69) is 12.2 Å². The normalized spacial score (nSPS) is 21.3. The number of carbonyl (C=O) groups is 2. The molecule has 1 aliphatic rings. The quantitative estimate of drug-likeness (QED) is 0.181. The van der Waals surface area contributed by atoms with Crippen LogP contribution in [-0.4, -0.2) is 32.6 Å². The Kier molecular flexibility index (Phi) is 10.5. The summed E-state index contributed by atoms with van der Waals surface area (Å²) in [6.07, 6.45) is 14.3. The number of ether oxygens (including phenoxy) is 3. The van der Waals surface area contributed by atoms with E-state index in [-0.39, 0.29) is 11.7 Å². The van der Waals surface area contributed by atoms with Gasteiger partial charge in [0.1, 0.15) is 11.2 Å². The molecule has 1 aromatic rings. The van der Waals surface area contributed by atoms with Crippen molar-refractivity contribution in [2.24, 2.45) is 11.3 Å². The van der Waals surface area contributed by atoms with Gasteiger partial charge in [0, 0.05) is 12.3 Å². The summed E-state index contributed by atoms with van der Waals surface area (Å²) in [4.78, 5) is 25.5. The lowest BCUT2D eigenvalue weighted by molar-refractivity contribution is -0.156. The van der Waals surface area contributed by atoms with Crippen LogP contribution in [0, 0.1) is 11.3 Å². The summed E-state index contributed by atoms with van der Waals surface area (Å²) >= 11 is 0. The average Bonchev–Trinajstić information content (AvgIpc) is 3.11. The predicted octanol–water partition coefficient (Wildman–Crippen LogP) is 5.43. The smallest absolute Gasteiger partial charge is 0.323 e. The van der Waals surface area contributed by atoms with Gasteiger partial charge in [-0.15, -0.1) is 0 Å². The van der Waals surface area contributed by atoms with Crippen molar-refractivity contribution in [3.63, 3.8) is 0 Å². The number of carbonyl (C=O) groups excluding carboxylic acids is 2. The molecule has 1 aromatic carbocycles. The van der Waals surface area contributed by atoms with Crippen molar-refractivity contribution >= 4 is 11.8 Å². The zero-order chi connectivity index (χ0) is 22.5. The fourth-order valence-electron chi connectivity index (χ4n) is 4.11. The van der Waals surface area contributed by atoms with Gasteiger partial charge in [-0.1, -0.05) is 42.9 Å². The SMILES string of the molecule is C/C=C/CCCCC/C=C/[C@@]1(C(=O)OC)C(=O)CC[C@H]1COCc1ccc(OC)cc1. The third-order valence-electron chi connectivity index (χ3n) is 5.95. The highest BCUT2D eigenvalue weighted by molar-refractivity contribution is 6.07. The molecule has 0 heterocycles. The fraction of sp³-hybridized carbons (Fsp3) is 0.538. The number of unbranched alkanes of at least 4 members (excludes halogenated alkanes) is 4. The largest absolute Gasteiger partial charge is 0.497 e. The molecule has 1 saturated carbocycles. The van der Waals surface area contributed by atoms with E-state index in [0.717, 1.165) is 43.4 Å². The topological polar surface area (TPSA) is 61.8 Å². The summed E-state index contributed by atoms with van der Waals surface area (Å²) in [6, 6.07) is 7.67. The molecule has 0 radical (unpaired) electrons. The van der Waals surface area contributed by atoms with E-state index in [0.29, 0.717) is 26.1 Å². The first-order valence-corrected chi connectivity index (χ1v) is 11.2. The van der Waals surface area contributed by atoms with Crippen LogP contribution in [-0.2, 0) is 25.7 Å². The van der Waals surface area contributed by atoms with Gasteiger partial charge in [-0.2, -0.15) is 0 Å². The van der Waals surface area contributed by atoms with Crippen molar-refractivity contribution in [2.75, 3.05) is 20.8 Å². The lowest BCUT2D eigenvalue weighted by atomic mass is 9.76. The summed E-state index contributed by atoms with van der Waals surface area (Å²) in [5, 5.41) is 0. The average molecular weight is 429 g/mol. The van der Waals surface area contributed by atoms with E-state index < -0.39 is 11.4 Å². The summed E-state index contributed by atoms with van der Waals surface area (Å²) in [5.74, 6) is 0.0394. The Labute approximate surface area is 186 Å². The number of ketones is 1. The first-order chi connectivity index (χ1) is 15.1. The summed E-state index contributed by atoms with van der Waals surface area (Å²) < 4.78 is 16.2. The van der Waals surface area contributed by atoms with Crippen LogP contribution in [0.2, 0.25) is 0 Å². The van der Waals surface area contributed by atoms with E-state index in [1.807, 2.05) is 37.3 Å². The van der Waals surface area contributed by atoms with Crippen LogP contribution in [0.4, 0.5) is 0 Å². The molecule has 1 aliphatic carbocycles. The monoisotopic (exact) mass is 428 g/mol. The zero-order valence-corrected chi connectivity index (χ0v) is 19.1. The van der Waals surface area contributed by atoms with Gasteiger partial charge in [0.25, 0.3) is 0 Å². The van der Waals surface area contributed by atoms with Crippen LogP contribution < -0.4 is 4.74 Å².